The lowest BCUT2D eigenvalue weighted by Crippen LogP contribution is -2.44. The highest BCUT2D eigenvalue weighted by Gasteiger charge is 2.26. The van der Waals surface area contributed by atoms with E-state index in [1.807, 2.05) is 26.8 Å². The van der Waals surface area contributed by atoms with Crippen LogP contribution in [0.4, 0.5) is 34.5 Å². The molecule has 274 valence electrons. The number of esters is 1. The molecule has 1 fully saturated rings. The summed E-state index contributed by atoms with van der Waals surface area (Å²) in [6, 6.07) is 7.87. The van der Waals surface area contributed by atoms with Gasteiger partial charge in [-0.2, -0.15) is 4.98 Å². The zero-order valence-electron chi connectivity index (χ0n) is 30.1. The van der Waals surface area contributed by atoms with Gasteiger partial charge in [0.15, 0.2) is 5.82 Å². The monoisotopic (exact) mass is 739 g/mol. The van der Waals surface area contributed by atoms with Gasteiger partial charge in [-0.3, -0.25) is 19.5 Å². The molecule has 0 aliphatic carbocycles. The van der Waals surface area contributed by atoms with E-state index in [0.717, 1.165) is 49.9 Å². The Morgan fingerprint density at radius 1 is 1.08 bits per heavy atom. The maximum atomic E-state index is 12.3. The molecule has 0 bridgehead atoms. The van der Waals surface area contributed by atoms with Gasteiger partial charge in [0, 0.05) is 49.8 Å². The minimum atomic E-state index is -3.66. The first-order valence-corrected chi connectivity index (χ1v) is 19.1. The van der Waals surface area contributed by atoms with Crippen LogP contribution < -0.4 is 25.0 Å². The summed E-state index contributed by atoms with van der Waals surface area (Å²) in [5.74, 6) is 0.954. The van der Waals surface area contributed by atoms with E-state index in [-0.39, 0.29) is 28.4 Å². The molecular weight excluding hydrogens is 694 g/mol. The second-order valence-corrected chi connectivity index (χ2v) is 15.7. The number of fused-ring (bicyclic) bond motifs is 1. The largest absolute Gasteiger partial charge is 0.494 e. The van der Waals surface area contributed by atoms with Crippen molar-refractivity contribution in [3.63, 3.8) is 0 Å². The molecule has 0 unspecified atom stereocenters. The number of piperidine rings is 1. The summed E-state index contributed by atoms with van der Waals surface area (Å²) < 4.78 is 38.4. The van der Waals surface area contributed by atoms with E-state index in [4.69, 9.17) is 21.1 Å². The van der Waals surface area contributed by atoms with Crippen molar-refractivity contribution >= 4 is 73.1 Å². The summed E-state index contributed by atoms with van der Waals surface area (Å²) >= 11 is 6.51. The maximum Gasteiger partial charge on any atom is 0.307 e. The van der Waals surface area contributed by atoms with E-state index in [0.29, 0.717) is 47.2 Å². The fourth-order valence-corrected chi connectivity index (χ4v) is 6.76. The molecule has 0 amide bonds. The number of ether oxygens (including phenoxy) is 2. The molecule has 0 saturated carbocycles. The second-order valence-electron chi connectivity index (χ2n) is 13.5. The minimum absolute atomic E-state index is 0.173. The third-order valence-electron chi connectivity index (χ3n) is 8.47. The third kappa shape index (κ3) is 9.86. The highest BCUT2D eigenvalue weighted by Crippen LogP contribution is 2.38. The molecule has 0 radical (unpaired) electrons. The molecular formula is C35H46ClN9O5S. The number of aryl methyl sites for hydroxylation is 1. The van der Waals surface area contributed by atoms with Crippen molar-refractivity contribution in [2.75, 3.05) is 60.3 Å². The zero-order valence-corrected chi connectivity index (χ0v) is 31.7. The maximum absolute atomic E-state index is 12.3. The van der Waals surface area contributed by atoms with Gasteiger partial charge in [-0.05, 0) is 70.8 Å². The highest BCUT2D eigenvalue weighted by molar-refractivity contribution is 7.92. The molecule has 51 heavy (non-hydrogen) atoms. The Bertz CT molecular complexity index is 1980. The van der Waals surface area contributed by atoms with Crippen molar-refractivity contribution in [3.8, 4) is 5.75 Å². The third-order valence-corrected chi connectivity index (χ3v) is 9.32. The lowest BCUT2D eigenvalue weighted by atomic mass is 10.00. The molecule has 1 aliphatic rings. The van der Waals surface area contributed by atoms with Gasteiger partial charge in [0.1, 0.15) is 21.9 Å². The summed E-state index contributed by atoms with van der Waals surface area (Å²) in [6.07, 6.45) is 8.63. The fourth-order valence-electron chi connectivity index (χ4n) is 6.04. The van der Waals surface area contributed by atoms with E-state index < -0.39 is 15.6 Å². The van der Waals surface area contributed by atoms with Crippen LogP contribution in [-0.4, -0.2) is 90.9 Å². The van der Waals surface area contributed by atoms with E-state index in [1.165, 1.54) is 18.6 Å². The lowest BCUT2D eigenvalue weighted by Gasteiger charge is -2.38. The number of aromatic nitrogens is 4. The van der Waals surface area contributed by atoms with Gasteiger partial charge in [-0.25, -0.2) is 13.4 Å². The predicted octanol–water partition coefficient (Wildman–Crippen LogP) is 6.14. The Morgan fingerprint density at radius 3 is 2.47 bits per heavy atom. The van der Waals surface area contributed by atoms with Crippen molar-refractivity contribution < 1.29 is 22.7 Å². The number of carbonyl (C=O) groups is 1. The summed E-state index contributed by atoms with van der Waals surface area (Å²) in [5.41, 5.74) is 3.93. The van der Waals surface area contributed by atoms with Crippen LogP contribution in [0.5, 0.6) is 5.75 Å². The average Bonchev–Trinajstić information content (AvgIpc) is 3.08. The number of carbonyl (C=O) groups excluding carboxylic acids is 1. The van der Waals surface area contributed by atoms with Crippen LogP contribution in [0.25, 0.3) is 11.0 Å². The minimum Gasteiger partial charge on any atom is -0.494 e. The SMILES string of the molecule is CCc1cc(Nc2ncc(Cl)c(Nc3ccc4nccnc4c3NS(C)(=O)=O)n2)c(OC)cc1N1CCC(N(C)CCC(=O)OC(C)(C)C)CC1. The molecule has 0 atom stereocenters. The summed E-state index contributed by atoms with van der Waals surface area (Å²) in [7, 11) is 0.0416. The Kier molecular flexibility index (Phi) is 11.7. The summed E-state index contributed by atoms with van der Waals surface area (Å²) in [4.78, 5) is 34.5. The fraction of sp³-hybridized carbons (Fsp3) is 0.457. The van der Waals surface area contributed by atoms with Crippen molar-refractivity contribution in [3.05, 3.63) is 53.4 Å². The quantitative estimate of drug-likeness (QED) is 0.134. The number of benzene rings is 2. The van der Waals surface area contributed by atoms with Gasteiger partial charge < -0.3 is 29.9 Å². The lowest BCUT2D eigenvalue weighted by molar-refractivity contribution is -0.155. The van der Waals surface area contributed by atoms with E-state index in [2.05, 4.69) is 65.1 Å². The molecule has 16 heteroatoms. The predicted molar refractivity (Wildman–Crippen MR) is 202 cm³/mol. The van der Waals surface area contributed by atoms with Crippen LogP contribution in [0.15, 0.2) is 42.9 Å². The van der Waals surface area contributed by atoms with Gasteiger partial charge in [0.2, 0.25) is 16.0 Å². The van der Waals surface area contributed by atoms with E-state index >= 15 is 0 Å². The van der Waals surface area contributed by atoms with Gasteiger partial charge in [0.25, 0.3) is 0 Å². The number of halogens is 1. The summed E-state index contributed by atoms with van der Waals surface area (Å²) in [5, 5.41) is 6.64. The summed E-state index contributed by atoms with van der Waals surface area (Å²) in [6.45, 7) is 10.2. The molecule has 3 N–H and O–H groups in total. The number of nitrogens with zero attached hydrogens (tertiary/aromatic N) is 6. The molecule has 2 aromatic carbocycles. The second kappa shape index (κ2) is 15.8. The Hall–Kier alpha value is -4.47. The molecule has 14 nitrogen and oxygen atoms in total. The smallest absolute Gasteiger partial charge is 0.307 e. The molecule has 5 rings (SSSR count). The van der Waals surface area contributed by atoms with E-state index in [9.17, 15) is 13.2 Å². The van der Waals surface area contributed by atoms with Crippen LogP contribution in [0.1, 0.15) is 52.5 Å². The standard InChI is InChI=1S/C35H46ClN9O5S/c1-8-22-19-27(29(49-6)20-28(22)45-17-11-23(12-18-45)44(5)16-13-30(46)50-35(2,3)4)41-34-39-21-24(36)33(42-34)40-26-10-9-25-31(38-15-14-37-25)32(26)43-51(7,47)48/h9-10,14-15,19-21,23,43H,8,11-13,16-18H2,1-7H3,(H2,39,40,41,42). The van der Waals surface area contributed by atoms with Gasteiger partial charge in [-0.15, -0.1) is 0 Å². The van der Waals surface area contributed by atoms with Crippen molar-refractivity contribution in [2.45, 2.75) is 65.0 Å². The van der Waals surface area contributed by atoms with Crippen LogP contribution in [0, 0.1) is 0 Å². The van der Waals surface area contributed by atoms with Crippen LogP contribution in [0.3, 0.4) is 0 Å². The normalized spacial score (nSPS) is 14.1. The topological polar surface area (TPSA) is 164 Å². The molecule has 0 spiro atoms. The first kappa shape index (κ1) is 37.8. The number of nitrogens with one attached hydrogen (secondary N) is 3. The van der Waals surface area contributed by atoms with E-state index in [1.54, 1.807) is 19.2 Å². The Labute approximate surface area is 304 Å². The van der Waals surface area contributed by atoms with Gasteiger partial charge in [-0.1, -0.05) is 18.5 Å². The first-order valence-electron chi connectivity index (χ1n) is 16.8. The average molecular weight is 740 g/mol. The number of hydrogen-bond acceptors (Lipinski definition) is 13. The Balaban J connectivity index is 1.31. The molecule has 1 saturated heterocycles. The number of rotatable bonds is 13. The van der Waals surface area contributed by atoms with Crippen molar-refractivity contribution in [2.24, 2.45) is 0 Å². The number of hydrogen-bond donors (Lipinski definition) is 3. The van der Waals surface area contributed by atoms with Crippen molar-refractivity contribution in [1.82, 2.24) is 24.8 Å². The molecule has 4 aromatic rings. The van der Waals surface area contributed by atoms with Crippen LogP contribution >= 0.6 is 11.6 Å². The van der Waals surface area contributed by atoms with Gasteiger partial charge in [0.05, 0.1) is 48.6 Å². The van der Waals surface area contributed by atoms with Crippen LogP contribution in [-0.2, 0) is 26.0 Å². The number of methoxy groups -OCH3 is 1. The highest BCUT2D eigenvalue weighted by atomic mass is 35.5. The van der Waals surface area contributed by atoms with Crippen molar-refractivity contribution in [1.29, 1.82) is 0 Å². The zero-order chi connectivity index (χ0) is 36.9. The van der Waals surface area contributed by atoms with Crippen LogP contribution in [0.2, 0.25) is 5.02 Å². The molecule has 3 heterocycles. The molecule has 1 aliphatic heterocycles. The Morgan fingerprint density at radius 2 is 1.80 bits per heavy atom. The number of anilines is 6. The molecule has 2 aromatic heterocycles. The number of sulfonamides is 1. The first-order chi connectivity index (χ1) is 24.1. The van der Waals surface area contributed by atoms with Gasteiger partial charge >= 0.3 is 5.97 Å².